The SMILES string of the molecule is CCCC(NC(=O)N(CC)c1cccc(O)c1)C(=O)O. The molecule has 110 valence electrons. The predicted molar refractivity (Wildman–Crippen MR) is 76.0 cm³/mol. The third-order valence-corrected chi connectivity index (χ3v) is 2.88. The van der Waals surface area contributed by atoms with Crippen LogP contribution in [0.15, 0.2) is 24.3 Å². The Morgan fingerprint density at radius 1 is 1.35 bits per heavy atom. The number of phenols is 1. The molecule has 0 fully saturated rings. The molecule has 0 aromatic heterocycles. The Balaban J connectivity index is 2.84. The van der Waals surface area contributed by atoms with Crippen LogP contribution in [0.2, 0.25) is 0 Å². The molecule has 0 radical (unpaired) electrons. The average molecular weight is 280 g/mol. The summed E-state index contributed by atoms with van der Waals surface area (Å²) in [7, 11) is 0. The Morgan fingerprint density at radius 2 is 2.05 bits per heavy atom. The minimum absolute atomic E-state index is 0.0529. The van der Waals surface area contributed by atoms with Crippen molar-refractivity contribution < 1.29 is 19.8 Å². The summed E-state index contributed by atoms with van der Waals surface area (Å²) in [6, 6.07) is 4.88. The van der Waals surface area contributed by atoms with Gasteiger partial charge in [0.15, 0.2) is 0 Å². The highest BCUT2D eigenvalue weighted by Gasteiger charge is 2.22. The largest absolute Gasteiger partial charge is 0.508 e. The van der Waals surface area contributed by atoms with Crippen molar-refractivity contribution in [3.05, 3.63) is 24.3 Å². The van der Waals surface area contributed by atoms with Crippen molar-refractivity contribution >= 4 is 17.7 Å². The lowest BCUT2D eigenvalue weighted by atomic mass is 10.2. The van der Waals surface area contributed by atoms with Gasteiger partial charge in [-0.25, -0.2) is 9.59 Å². The van der Waals surface area contributed by atoms with Gasteiger partial charge in [-0.2, -0.15) is 0 Å². The fraction of sp³-hybridized carbons (Fsp3) is 0.429. The number of carbonyl (C=O) groups excluding carboxylic acids is 1. The highest BCUT2D eigenvalue weighted by molar-refractivity contribution is 5.94. The Labute approximate surface area is 118 Å². The summed E-state index contributed by atoms with van der Waals surface area (Å²) in [5.74, 6) is -0.996. The van der Waals surface area contributed by atoms with Gasteiger partial charge in [-0.05, 0) is 25.5 Å². The molecule has 20 heavy (non-hydrogen) atoms. The summed E-state index contributed by atoms with van der Waals surface area (Å²) < 4.78 is 0. The number of aliphatic carboxylic acids is 1. The van der Waals surface area contributed by atoms with E-state index in [0.29, 0.717) is 25.1 Å². The minimum Gasteiger partial charge on any atom is -0.508 e. The molecule has 1 atom stereocenters. The smallest absolute Gasteiger partial charge is 0.326 e. The van der Waals surface area contributed by atoms with Crippen LogP contribution in [-0.2, 0) is 4.79 Å². The third kappa shape index (κ3) is 4.15. The predicted octanol–water partition coefficient (Wildman–Crippen LogP) is 2.18. The lowest BCUT2D eigenvalue weighted by Crippen LogP contribution is -2.48. The zero-order chi connectivity index (χ0) is 15.1. The molecule has 0 spiro atoms. The molecule has 0 aliphatic heterocycles. The van der Waals surface area contributed by atoms with Crippen LogP contribution < -0.4 is 10.2 Å². The van der Waals surface area contributed by atoms with Crippen LogP contribution in [0.1, 0.15) is 26.7 Å². The molecule has 6 nitrogen and oxygen atoms in total. The zero-order valence-corrected chi connectivity index (χ0v) is 11.7. The Kier molecular flexibility index (Phi) is 5.83. The Hall–Kier alpha value is -2.24. The number of nitrogens with zero attached hydrogens (tertiary/aromatic N) is 1. The van der Waals surface area contributed by atoms with E-state index < -0.39 is 18.0 Å². The van der Waals surface area contributed by atoms with Crippen molar-refractivity contribution in [3.63, 3.8) is 0 Å². The minimum atomic E-state index is -1.05. The van der Waals surface area contributed by atoms with Gasteiger partial charge in [0, 0.05) is 18.3 Å². The van der Waals surface area contributed by atoms with E-state index in [9.17, 15) is 14.7 Å². The molecule has 6 heteroatoms. The Bertz CT molecular complexity index is 476. The van der Waals surface area contributed by atoms with Crippen LogP contribution in [0.3, 0.4) is 0 Å². The van der Waals surface area contributed by atoms with Crippen molar-refractivity contribution in [2.24, 2.45) is 0 Å². The van der Waals surface area contributed by atoms with Crippen LogP contribution in [-0.4, -0.2) is 34.8 Å². The van der Waals surface area contributed by atoms with E-state index in [0.717, 1.165) is 0 Å². The van der Waals surface area contributed by atoms with Gasteiger partial charge in [0.05, 0.1) is 0 Å². The number of rotatable bonds is 6. The number of carbonyl (C=O) groups is 2. The molecule has 0 aliphatic rings. The molecule has 0 saturated carbocycles. The van der Waals surface area contributed by atoms with Crippen molar-refractivity contribution in [3.8, 4) is 5.75 Å². The first kappa shape index (κ1) is 15.8. The van der Waals surface area contributed by atoms with Crippen LogP contribution in [0.4, 0.5) is 10.5 Å². The van der Waals surface area contributed by atoms with Gasteiger partial charge in [-0.1, -0.05) is 19.4 Å². The van der Waals surface area contributed by atoms with Crippen LogP contribution in [0, 0.1) is 0 Å². The number of nitrogens with one attached hydrogen (secondary N) is 1. The summed E-state index contributed by atoms with van der Waals surface area (Å²) in [5, 5.41) is 21.0. The van der Waals surface area contributed by atoms with E-state index in [1.165, 1.54) is 17.0 Å². The molecule has 1 aromatic rings. The van der Waals surface area contributed by atoms with Gasteiger partial charge in [0.2, 0.25) is 0 Å². The maximum absolute atomic E-state index is 12.1. The van der Waals surface area contributed by atoms with E-state index >= 15 is 0 Å². The number of hydrogen-bond acceptors (Lipinski definition) is 3. The molecule has 3 N–H and O–H groups in total. The molecular formula is C14H20N2O4. The third-order valence-electron chi connectivity index (χ3n) is 2.88. The van der Waals surface area contributed by atoms with Crippen molar-refractivity contribution in [2.45, 2.75) is 32.7 Å². The monoisotopic (exact) mass is 280 g/mol. The number of hydrogen-bond donors (Lipinski definition) is 3. The number of carboxylic acid groups (broad SMARTS) is 1. The summed E-state index contributed by atoms with van der Waals surface area (Å²) in [5.41, 5.74) is 0.519. The number of phenolic OH excluding ortho intramolecular Hbond substituents is 1. The molecule has 0 aliphatic carbocycles. The molecule has 2 amide bonds. The first-order valence-corrected chi connectivity index (χ1v) is 6.59. The van der Waals surface area contributed by atoms with E-state index in [1.807, 2.05) is 6.92 Å². The molecule has 0 bridgehead atoms. The first-order chi connectivity index (χ1) is 9.49. The average Bonchev–Trinajstić information content (AvgIpc) is 2.39. The normalized spacial score (nSPS) is 11.7. The van der Waals surface area contributed by atoms with Crippen LogP contribution >= 0.6 is 0 Å². The van der Waals surface area contributed by atoms with E-state index in [-0.39, 0.29) is 5.75 Å². The number of amides is 2. The molecule has 1 aromatic carbocycles. The van der Waals surface area contributed by atoms with Gasteiger partial charge in [0.25, 0.3) is 0 Å². The summed E-state index contributed by atoms with van der Waals surface area (Å²) in [6.45, 7) is 4.00. The fourth-order valence-corrected chi connectivity index (χ4v) is 1.88. The molecule has 0 heterocycles. The van der Waals surface area contributed by atoms with E-state index in [4.69, 9.17) is 5.11 Å². The maximum atomic E-state index is 12.1. The van der Waals surface area contributed by atoms with E-state index in [2.05, 4.69) is 5.32 Å². The second-order valence-corrected chi connectivity index (χ2v) is 4.39. The second-order valence-electron chi connectivity index (χ2n) is 4.39. The topological polar surface area (TPSA) is 89.9 Å². The zero-order valence-electron chi connectivity index (χ0n) is 11.7. The van der Waals surface area contributed by atoms with Crippen LogP contribution in [0.5, 0.6) is 5.75 Å². The summed E-state index contributed by atoms with van der Waals surface area (Å²) in [6.07, 6.45) is 1.04. The highest BCUT2D eigenvalue weighted by Crippen LogP contribution is 2.20. The number of aromatic hydroxyl groups is 1. The maximum Gasteiger partial charge on any atom is 0.326 e. The first-order valence-electron chi connectivity index (χ1n) is 6.59. The molecule has 1 rings (SSSR count). The van der Waals surface area contributed by atoms with Gasteiger partial charge < -0.3 is 15.5 Å². The fourth-order valence-electron chi connectivity index (χ4n) is 1.88. The van der Waals surface area contributed by atoms with Crippen LogP contribution in [0.25, 0.3) is 0 Å². The number of carboxylic acids is 1. The number of anilines is 1. The second kappa shape index (κ2) is 7.37. The highest BCUT2D eigenvalue weighted by atomic mass is 16.4. The van der Waals surface area contributed by atoms with Crippen molar-refractivity contribution in [2.75, 3.05) is 11.4 Å². The Morgan fingerprint density at radius 3 is 2.55 bits per heavy atom. The quantitative estimate of drug-likeness (QED) is 0.745. The number of urea groups is 1. The van der Waals surface area contributed by atoms with Gasteiger partial charge in [0.1, 0.15) is 11.8 Å². The number of benzene rings is 1. The summed E-state index contributed by atoms with van der Waals surface area (Å²) >= 11 is 0. The van der Waals surface area contributed by atoms with Gasteiger partial charge >= 0.3 is 12.0 Å². The standard InChI is InChI=1S/C14H20N2O4/c1-3-6-12(13(18)19)15-14(20)16(4-2)10-7-5-8-11(17)9-10/h5,7-9,12,17H,3-4,6H2,1-2H3,(H,15,20)(H,18,19). The molecule has 1 unspecified atom stereocenters. The lowest BCUT2D eigenvalue weighted by Gasteiger charge is -2.24. The van der Waals surface area contributed by atoms with Crippen molar-refractivity contribution in [1.29, 1.82) is 0 Å². The summed E-state index contributed by atoms with van der Waals surface area (Å²) in [4.78, 5) is 24.6. The molecule has 0 saturated heterocycles. The van der Waals surface area contributed by atoms with Crippen molar-refractivity contribution in [1.82, 2.24) is 5.32 Å². The van der Waals surface area contributed by atoms with Gasteiger partial charge in [-0.3, -0.25) is 4.90 Å². The lowest BCUT2D eigenvalue weighted by molar-refractivity contribution is -0.139. The molecular weight excluding hydrogens is 260 g/mol. The van der Waals surface area contributed by atoms with Gasteiger partial charge in [-0.15, -0.1) is 0 Å². The van der Waals surface area contributed by atoms with E-state index in [1.54, 1.807) is 19.1 Å².